The van der Waals surface area contributed by atoms with Crippen LogP contribution in [0.4, 0.5) is 0 Å². The van der Waals surface area contributed by atoms with Crippen molar-refractivity contribution in [3.63, 3.8) is 0 Å². The maximum Gasteiger partial charge on any atom is 0.117 e. The number of rotatable bonds is 3. The molecule has 3 nitrogen and oxygen atoms in total. The summed E-state index contributed by atoms with van der Waals surface area (Å²) in [5.41, 5.74) is 5.21. The zero-order valence-corrected chi connectivity index (χ0v) is 7.51. The number of nitrogens with two attached hydrogens (primary N) is 1. The van der Waals surface area contributed by atoms with Crippen LogP contribution in [0.3, 0.4) is 0 Å². The molecule has 0 saturated heterocycles. The zero-order chi connectivity index (χ0) is 8.81. The van der Waals surface area contributed by atoms with Crippen LogP contribution in [0.1, 0.15) is 38.5 Å². The van der Waals surface area contributed by atoms with Gasteiger partial charge in [0.05, 0.1) is 6.10 Å². The van der Waals surface area contributed by atoms with E-state index in [1.165, 1.54) is 25.7 Å². The molecule has 1 aliphatic carbocycles. The van der Waals surface area contributed by atoms with E-state index in [0.717, 1.165) is 12.8 Å². The summed E-state index contributed by atoms with van der Waals surface area (Å²) in [4.78, 5) is 0. The zero-order valence-electron chi connectivity index (χ0n) is 7.51. The second-order valence-corrected chi connectivity index (χ2v) is 3.45. The van der Waals surface area contributed by atoms with Gasteiger partial charge in [-0.05, 0) is 12.8 Å². The molecule has 0 radical (unpaired) electrons. The second kappa shape index (κ2) is 5.14. The Bertz CT molecular complexity index is 139. The summed E-state index contributed by atoms with van der Waals surface area (Å²) in [6.07, 6.45) is 7.85. The molecular formula is C9H18N2O. The van der Waals surface area contributed by atoms with Gasteiger partial charge in [-0.15, -0.1) is 0 Å². The Hall–Kier alpha value is -0.570. The van der Waals surface area contributed by atoms with Crippen molar-refractivity contribution in [2.75, 3.05) is 6.61 Å². The van der Waals surface area contributed by atoms with Crippen LogP contribution in [-0.4, -0.2) is 18.5 Å². The molecule has 3 heteroatoms. The third-order valence-corrected chi connectivity index (χ3v) is 2.28. The first kappa shape index (κ1) is 9.52. The van der Waals surface area contributed by atoms with Gasteiger partial charge in [0.2, 0.25) is 0 Å². The molecule has 0 heterocycles. The molecule has 3 N–H and O–H groups in total. The fourth-order valence-corrected chi connectivity index (χ4v) is 1.62. The van der Waals surface area contributed by atoms with Crippen molar-refractivity contribution in [1.82, 2.24) is 0 Å². The summed E-state index contributed by atoms with van der Waals surface area (Å²) in [6.45, 7) is 0.310. The first-order valence-corrected chi connectivity index (χ1v) is 4.73. The van der Waals surface area contributed by atoms with Gasteiger partial charge in [0.15, 0.2) is 0 Å². The highest BCUT2D eigenvalue weighted by molar-refractivity contribution is 5.78. The minimum absolute atomic E-state index is 0.138. The Morgan fingerprint density at radius 1 is 1.25 bits per heavy atom. The van der Waals surface area contributed by atoms with Crippen molar-refractivity contribution in [2.45, 2.75) is 44.6 Å². The second-order valence-electron chi connectivity index (χ2n) is 3.45. The molecule has 1 saturated carbocycles. The quantitative estimate of drug-likeness (QED) is 0.384. The molecule has 0 amide bonds. The Morgan fingerprint density at radius 3 is 2.33 bits per heavy atom. The molecule has 1 fully saturated rings. The van der Waals surface area contributed by atoms with Gasteiger partial charge < -0.3 is 10.5 Å². The molecule has 0 atom stereocenters. The number of hydrogen-bond acceptors (Lipinski definition) is 2. The van der Waals surface area contributed by atoms with Gasteiger partial charge in [-0.2, -0.15) is 0 Å². The highest BCUT2D eigenvalue weighted by atomic mass is 16.5. The summed E-state index contributed by atoms with van der Waals surface area (Å²) in [7, 11) is 0. The molecule has 0 aromatic rings. The smallest absolute Gasteiger partial charge is 0.117 e. The van der Waals surface area contributed by atoms with Crippen molar-refractivity contribution >= 4 is 5.84 Å². The van der Waals surface area contributed by atoms with Gasteiger partial charge in [0.1, 0.15) is 12.4 Å². The summed E-state index contributed by atoms with van der Waals surface area (Å²) in [6, 6.07) is 0. The molecule has 0 aromatic heterocycles. The summed E-state index contributed by atoms with van der Waals surface area (Å²) >= 11 is 0. The van der Waals surface area contributed by atoms with Crippen molar-refractivity contribution in [2.24, 2.45) is 5.73 Å². The van der Waals surface area contributed by atoms with E-state index in [2.05, 4.69) is 0 Å². The molecule has 1 aliphatic rings. The Labute approximate surface area is 73.8 Å². The number of ether oxygens (including phenoxy) is 1. The number of hydrogen-bond donors (Lipinski definition) is 2. The summed E-state index contributed by atoms with van der Waals surface area (Å²) < 4.78 is 5.47. The van der Waals surface area contributed by atoms with Crippen molar-refractivity contribution in [3.8, 4) is 0 Å². The highest BCUT2D eigenvalue weighted by Crippen LogP contribution is 2.19. The van der Waals surface area contributed by atoms with Gasteiger partial charge >= 0.3 is 0 Å². The van der Waals surface area contributed by atoms with Gasteiger partial charge in [-0.25, -0.2) is 0 Å². The Morgan fingerprint density at radius 2 is 1.83 bits per heavy atom. The third kappa shape index (κ3) is 3.72. The van der Waals surface area contributed by atoms with Crippen LogP contribution >= 0.6 is 0 Å². The normalized spacial score (nSPS) is 20.3. The van der Waals surface area contributed by atoms with Gasteiger partial charge in [0.25, 0.3) is 0 Å². The SMILES string of the molecule is N=C(N)COC1CCCCCC1. The van der Waals surface area contributed by atoms with E-state index in [-0.39, 0.29) is 5.84 Å². The molecule has 0 bridgehead atoms. The van der Waals surface area contributed by atoms with Gasteiger partial charge in [-0.1, -0.05) is 25.7 Å². The first-order chi connectivity index (χ1) is 5.79. The van der Waals surface area contributed by atoms with Crippen LogP contribution in [-0.2, 0) is 4.74 Å². The largest absolute Gasteiger partial charge is 0.386 e. The Balaban J connectivity index is 2.16. The minimum atomic E-state index is 0.138. The van der Waals surface area contributed by atoms with E-state index < -0.39 is 0 Å². The monoisotopic (exact) mass is 170 g/mol. The molecule has 70 valence electrons. The lowest BCUT2D eigenvalue weighted by atomic mass is 10.1. The van der Waals surface area contributed by atoms with Gasteiger partial charge in [-0.3, -0.25) is 5.41 Å². The topological polar surface area (TPSA) is 59.1 Å². The minimum Gasteiger partial charge on any atom is -0.386 e. The van der Waals surface area contributed by atoms with E-state index in [1.807, 2.05) is 0 Å². The van der Waals surface area contributed by atoms with E-state index in [4.69, 9.17) is 15.9 Å². The van der Waals surface area contributed by atoms with E-state index >= 15 is 0 Å². The average molecular weight is 170 g/mol. The molecule has 1 rings (SSSR count). The third-order valence-electron chi connectivity index (χ3n) is 2.28. The molecule has 0 aliphatic heterocycles. The van der Waals surface area contributed by atoms with Gasteiger partial charge in [0, 0.05) is 0 Å². The van der Waals surface area contributed by atoms with Crippen LogP contribution in [0, 0.1) is 5.41 Å². The fraction of sp³-hybridized carbons (Fsp3) is 0.889. The van der Waals surface area contributed by atoms with Crippen LogP contribution in [0.15, 0.2) is 0 Å². The molecule has 0 aromatic carbocycles. The highest BCUT2D eigenvalue weighted by Gasteiger charge is 2.12. The average Bonchev–Trinajstić information content (AvgIpc) is 2.28. The number of nitrogens with one attached hydrogen (secondary N) is 1. The maximum absolute atomic E-state index is 7.02. The van der Waals surface area contributed by atoms with Crippen LogP contribution in [0.2, 0.25) is 0 Å². The van der Waals surface area contributed by atoms with Crippen molar-refractivity contribution < 1.29 is 4.74 Å². The molecule has 0 spiro atoms. The lowest BCUT2D eigenvalue weighted by Gasteiger charge is -2.14. The molecular weight excluding hydrogens is 152 g/mol. The number of amidine groups is 1. The standard InChI is InChI=1S/C9H18N2O/c10-9(11)7-12-8-5-3-1-2-4-6-8/h8H,1-7H2,(H3,10,11). The van der Waals surface area contributed by atoms with E-state index in [1.54, 1.807) is 0 Å². The lowest BCUT2D eigenvalue weighted by Crippen LogP contribution is -2.22. The van der Waals surface area contributed by atoms with E-state index in [0.29, 0.717) is 12.7 Å². The van der Waals surface area contributed by atoms with Crippen LogP contribution < -0.4 is 5.73 Å². The van der Waals surface area contributed by atoms with E-state index in [9.17, 15) is 0 Å². The molecule has 12 heavy (non-hydrogen) atoms. The van der Waals surface area contributed by atoms with Crippen molar-refractivity contribution in [3.05, 3.63) is 0 Å². The summed E-state index contributed by atoms with van der Waals surface area (Å²) in [5, 5.41) is 7.02. The molecule has 0 unspecified atom stereocenters. The van der Waals surface area contributed by atoms with Crippen LogP contribution in [0.5, 0.6) is 0 Å². The maximum atomic E-state index is 7.02. The predicted octanol–water partition coefficient (Wildman–Crippen LogP) is 1.66. The van der Waals surface area contributed by atoms with Crippen molar-refractivity contribution in [1.29, 1.82) is 5.41 Å². The predicted molar refractivity (Wildman–Crippen MR) is 49.4 cm³/mol. The first-order valence-electron chi connectivity index (χ1n) is 4.73. The van der Waals surface area contributed by atoms with Crippen LogP contribution in [0.25, 0.3) is 0 Å². The fourth-order valence-electron chi connectivity index (χ4n) is 1.62. The lowest BCUT2D eigenvalue weighted by molar-refractivity contribution is 0.0694. The Kier molecular flexibility index (Phi) is 4.08. The summed E-state index contributed by atoms with van der Waals surface area (Å²) in [5.74, 6) is 0.138.